The maximum absolute atomic E-state index is 11.4. The summed E-state index contributed by atoms with van der Waals surface area (Å²) < 4.78 is 1.80. The molecule has 1 heterocycles. The van der Waals surface area contributed by atoms with Crippen LogP contribution in [0, 0.1) is 0 Å². The van der Waals surface area contributed by atoms with E-state index in [-0.39, 0.29) is 5.69 Å². The van der Waals surface area contributed by atoms with Crippen LogP contribution in [0.3, 0.4) is 0 Å². The normalized spacial score (nSPS) is 15.8. The van der Waals surface area contributed by atoms with Crippen LogP contribution < -0.4 is 11.0 Å². The van der Waals surface area contributed by atoms with Gasteiger partial charge in [0.1, 0.15) is 0 Å². The van der Waals surface area contributed by atoms with Gasteiger partial charge in [-0.05, 0) is 32.9 Å². The average molecular weight is 228 g/mol. The molecule has 6 heteroatoms. The Labute approximate surface area is 92.6 Å². The topological polar surface area (TPSA) is 62.7 Å². The Hall–Kier alpha value is -0.750. The lowest BCUT2D eigenvalue weighted by Gasteiger charge is -2.02. The van der Waals surface area contributed by atoms with E-state index in [9.17, 15) is 4.79 Å². The Morgan fingerprint density at radius 1 is 1.67 bits per heavy atom. The number of aromatic amines is 1. The summed E-state index contributed by atoms with van der Waals surface area (Å²) in [5, 5.41) is 10.5. The molecular formula is C9H16N4OS. The maximum Gasteiger partial charge on any atom is 0.344 e. The summed E-state index contributed by atoms with van der Waals surface area (Å²) in [7, 11) is 1.94. The van der Waals surface area contributed by atoms with Crippen LogP contribution in [0.4, 0.5) is 0 Å². The number of rotatable bonds is 6. The zero-order valence-electron chi connectivity index (χ0n) is 8.82. The maximum atomic E-state index is 11.4. The van der Waals surface area contributed by atoms with E-state index in [0.29, 0.717) is 6.04 Å². The first-order valence-corrected chi connectivity index (χ1v) is 6.26. The molecule has 0 bridgehead atoms. The smallest absolute Gasteiger partial charge is 0.320 e. The molecule has 84 valence electrons. The van der Waals surface area contributed by atoms with Gasteiger partial charge in [-0.3, -0.25) is 4.57 Å². The standard InChI is InChI=1S/C9H16N4OS/c1-10-5-2-6-15-9-12-11-8(14)13(9)7-3-4-7/h7,10H,2-6H2,1H3,(H,11,14). The van der Waals surface area contributed by atoms with E-state index in [1.165, 1.54) is 0 Å². The molecule has 1 aliphatic carbocycles. The summed E-state index contributed by atoms with van der Waals surface area (Å²) in [5.74, 6) is 0.998. The minimum Gasteiger partial charge on any atom is -0.320 e. The summed E-state index contributed by atoms with van der Waals surface area (Å²) >= 11 is 1.66. The lowest BCUT2D eigenvalue weighted by molar-refractivity contribution is 0.642. The molecule has 0 aliphatic heterocycles. The predicted molar refractivity (Wildman–Crippen MR) is 60.4 cm³/mol. The molecule has 0 unspecified atom stereocenters. The molecule has 0 saturated heterocycles. The Balaban J connectivity index is 1.92. The van der Waals surface area contributed by atoms with Crippen LogP contribution in [-0.4, -0.2) is 34.1 Å². The lowest BCUT2D eigenvalue weighted by Crippen LogP contribution is -2.16. The highest BCUT2D eigenvalue weighted by Crippen LogP contribution is 2.35. The number of H-pyrrole nitrogens is 1. The number of nitrogens with one attached hydrogen (secondary N) is 2. The molecule has 0 radical (unpaired) electrons. The SMILES string of the molecule is CNCCCSc1n[nH]c(=O)n1C1CC1. The van der Waals surface area contributed by atoms with Crippen molar-refractivity contribution in [3.8, 4) is 0 Å². The highest BCUT2D eigenvalue weighted by Gasteiger charge is 2.28. The van der Waals surface area contributed by atoms with Gasteiger partial charge in [0, 0.05) is 11.8 Å². The Morgan fingerprint density at radius 3 is 3.13 bits per heavy atom. The third kappa shape index (κ3) is 2.63. The van der Waals surface area contributed by atoms with Crippen molar-refractivity contribution in [2.24, 2.45) is 0 Å². The molecule has 2 N–H and O–H groups in total. The van der Waals surface area contributed by atoms with Gasteiger partial charge in [0.2, 0.25) is 0 Å². The van der Waals surface area contributed by atoms with E-state index in [1.54, 1.807) is 16.3 Å². The van der Waals surface area contributed by atoms with E-state index in [1.807, 2.05) is 7.05 Å². The largest absolute Gasteiger partial charge is 0.344 e. The Morgan fingerprint density at radius 2 is 2.47 bits per heavy atom. The van der Waals surface area contributed by atoms with Crippen LogP contribution in [0.1, 0.15) is 25.3 Å². The van der Waals surface area contributed by atoms with E-state index >= 15 is 0 Å². The second kappa shape index (κ2) is 4.85. The van der Waals surface area contributed by atoms with Crippen molar-refractivity contribution >= 4 is 11.8 Å². The van der Waals surface area contributed by atoms with E-state index in [2.05, 4.69) is 15.5 Å². The molecular weight excluding hydrogens is 212 g/mol. The van der Waals surface area contributed by atoms with Crippen LogP contribution in [0.5, 0.6) is 0 Å². The van der Waals surface area contributed by atoms with Crippen molar-refractivity contribution in [3.63, 3.8) is 0 Å². The molecule has 1 aromatic rings. The Bertz CT molecular complexity index is 368. The molecule has 1 aliphatic rings. The van der Waals surface area contributed by atoms with Crippen molar-refractivity contribution < 1.29 is 0 Å². The second-order valence-electron chi connectivity index (χ2n) is 3.72. The van der Waals surface area contributed by atoms with Gasteiger partial charge < -0.3 is 5.32 Å². The molecule has 0 amide bonds. The molecule has 5 nitrogen and oxygen atoms in total. The predicted octanol–water partition coefficient (Wildman–Crippen LogP) is 0.608. The van der Waals surface area contributed by atoms with Gasteiger partial charge in [-0.15, -0.1) is 5.10 Å². The summed E-state index contributed by atoms with van der Waals surface area (Å²) in [6, 6.07) is 0.406. The number of hydrogen-bond acceptors (Lipinski definition) is 4. The van der Waals surface area contributed by atoms with E-state index < -0.39 is 0 Å². The van der Waals surface area contributed by atoms with Gasteiger partial charge >= 0.3 is 5.69 Å². The number of nitrogens with zero attached hydrogens (tertiary/aromatic N) is 2. The summed E-state index contributed by atoms with van der Waals surface area (Å²) in [6.07, 6.45) is 3.32. The quantitative estimate of drug-likeness (QED) is 0.553. The van der Waals surface area contributed by atoms with Crippen LogP contribution in [0.2, 0.25) is 0 Å². The van der Waals surface area contributed by atoms with Crippen LogP contribution in [0.15, 0.2) is 9.95 Å². The second-order valence-corrected chi connectivity index (χ2v) is 4.78. The van der Waals surface area contributed by atoms with Crippen molar-refractivity contribution in [1.29, 1.82) is 0 Å². The first-order chi connectivity index (χ1) is 7.33. The number of aromatic nitrogens is 3. The third-order valence-electron chi connectivity index (χ3n) is 2.39. The average Bonchev–Trinajstić information content (AvgIpc) is 2.99. The van der Waals surface area contributed by atoms with Crippen molar-refractivity contribution in [2.45, 2.75) is 30.5 Å². The molecule has 2 rings (SSSR count). The number of thioether (sulfide) groups is 1. The molecule has 0 spiro atoms. The van der Waals surface area contributed by atoms with Gasteiger partial charge in [0.15, 0.2) is 5.16 Å². The highest BCUT2D eigenvalue weighted by atomic mass is 32.2. The van der Waals surface area contributed by atoms with Crippen LogP contribution in [-0.2, 0) is 0 Å². The zero-order chi connectivity index (χ0) is 10.7. The number of hydrogen-bond donors (Lipinski definition) is 2. The summed E-state index contributed by atoms with van der Waals surface area (Å²) in [5.41, 5.74) is -0.0615. The van der Waals surface area contributed by atoms with E-state index in [0.717, 1.165) is 36.7 Å². The molecule has 15 heavy (non-hydrogen) atoms. The fourth-order valence-corrected chi connectivity index (χ4v) is 2.41. The summed E-state index contributed by atoms with van der Waals surface area (Å²) in [4.78, 5) is 11.4. The minimum atomic E-state index is -0.0615. The van der Waals surface area contributed by atoms with E-state index in [4.69, 9.17) is 0 Å². The molecule has 0 aromatic carbocycles. The zero-order valence-corrected chi connectivity index (χ0v) is 9.64. The van der Waals surface area contributed by atoms with Crippen molar-refractivity contribution in [1.82, 2.24) is 20.1 Å². The first kappa shape index (κ1) is 10.8. The fraction of sp³-hybridized carbons (Fsp3) is 0.778. The minimum absolute atomic E-state index is 0.0615. The molecule has 1 saturated carbocycles. The van der Waals surface area contributed by atoms with Gasteiger partial charge in [-0.2, -0.15) is 0 Å². The fourth-order valence-electron chi connectivity index (χ4n) is 1.46. The van der Waals surface area contributed by atoms with Gasteiger partial charge in [-0.1, -0.05) is 11.8 Å². The third-order valence-corrected chi connectivity index (χ3v) is 3.43. The monoisotopic (exact) mass is 228 g/mol. The van der Waals surface area contributed by atoms with Gasteiger partial charge in [0.05, 0.1) is 0 Å². The molecule has 0 atom stereocenters. The van der Waals surface area contributed by atoms with Crippen molar-refractivity contribution in [3.05, 3.63) is 10.5 Å². The first-order valence-electron chi connectivity index (χ1n) is 5.27. The van der Waals surface area contributed by atoms with Crippen LogP contribution >= 0.6 is 11.8 Å². The van der Waals surface area contributed by atoms with Gasteiger partial charge in [0.25, 0.3) is 0 Å². The molecule has 1 aromatic heterocycles. The van der Waals surface area contributed by atoms with Crippen LogP contribution in [0.25, 0.3) is 0 Å². The molecule has 1 fully saturated rings. The highest BCUT2D eigenvalue weighted by molar-refractivity contribution is 7.99. The van der Waals surface area contributed by atoms with Gasteiger partial charge in [-0.25, -0.2) is 9.89 Å². The van der Waals surface area contributed by atoms with Crippen molar-refractivity contribution in [2.75, 3.05) is 19.3 Å². The Kier molecular flexibility index (Phi) is 3.48. The lowest BCUT2D eigenvalue weighted by atomic mass is 10.5. The summed E-state index contributed by atoms with van der Waals surface area (Å²) in [6.45, 7) is 1.01.